The number of nitrogens with zero attached hydrogens (tertiary/aromatic N) is 2. The first-order chi connectivity index (χ1) is 10.5. The van der Waals surface area contributed by atoms with Crippen LogP contribution in [0.5, 0.6) is 0 Å². The van der Waals surface area contributed by atoms with E-state index < -0.39 is 5.97 Å². The highest BCUT2D eigenvalue weighted by molar-refractivity contribution is 5.95. The van der Waals surface area contributed by atoms with Crippen molar-refractivity contribution in [3.05, 3.63) is 48.0 Å². The zero-order chi connectivity index (χ0) is 15.7. The Balaban J connectivity index is 1.96. The van der Waals surface area contributed by atoms with E-state index >= 15 is 0 Å². The molecule has 0 bridgehead atoms. The van der Waals surface area contributed by atoms with Crippen LogP contribution in [0.25, 0.3) is 11.1 Å². The number of benzene rings is 2. The van der Waals surface area contributed by atoms with Crippen molar-refractivity contribution in [3.63, 3.8) is 0 Å². The molecule has 0 aliphatic rings. The molecule has 3 aromatic rings. The van der Waals surface area contributed by atoms with Gasteiger partial charge in [0.2, 0.25) is 0 Å². The molecular formula is C16H15N3O3. The Morgan fingerprint density at radius 2 is 2.00 bits per heavy atom. The van der Waals surface area contributed by atoms with Gasteiger partial charge in [-0.3, -0.25) is 0 Å². The van der Waals surface area contributed by atoms with Crippen LogP contribution in [0.2, 0.25) is 0 Å². The number of fused-ring (bicyclic) bond motifs is 1. The number of hydrogen-bond acceptors (Lipinski definition) is 5. The number of rotatable bonds is 4. The van der Waals surface area contributed by atoms with E-state index in [0.29, 0.717) is 17.3 Å². The largest absolute Gasteiger partial charge is 0.478 e. The Kier molecular flexibility index (Phi) is 3.42. The summed E-state index contributed by atoms with van der Waals surface area (Å²) in [5.41, 5.74) is 2.88. The lowest BCUT2D eigenvalue weighted by molar-refractivity contribution is 0.0698. The number of aromatic nitrogens is 1. The molecule has 112 valence electrons. The van der Waals surface area contributed by atoms with Crippen LogP contribution in [0.15, 0.2) is 46.9 Å². The minimum atomic E-state index is -0.973. The van der Waals surface area contributed by atoms with Gasteiger partial charge in [0.05, 0.1) is 11.3 Å². The first-order valence-corrected chi connectivity index (χ1v) is 6.72. The summed E-state index contributed by atoms with van der Waals surface area (Å²) in [5, 5.41) is 12.3. The van der Waals surface area contributed by atoms with Gasteiger partial charge in [-0.05, 0) is 24.3 Å². The first-order valence-electron chi connectivity index (χ1n) is 6.72. The van der Waals surface area contributed by atoms with Crippen molar-refractivity contribution >= 4 is 34.5 Å². The molecule has 0 fully saturated rings. The molecule has 0 atom stereocenters. The van der Waals surface area contributed by atoms with Crippen LogP contribution in [-0.4, -0.2) is 30.2 Å². The number of carboxylic acid groups (broad SMARTS) is 1. The highest BCUT2D eigenvalue weighted by Crippen LogP contribution is 2.26. The van der Waals surface area contributed by atoms with Crippen molar-refractivity contribution in [1.29, 1.82) is 0 Å². The molecule has 0 spiro atoms. The number of aromatic carboxylic acids is 1. The van der Waals surface area contributed by atoms with E-state index in [0.717, 1.165) is 11.2 Å². The highest BCUT2D eigenvalue weighted by atomic mass is 16.4. The smallest absolute Gasteiger partial charge is 0.337 e. The molecule has 0 unspecified atom stereocenters. The van der Waals surface area contributed by atoms with E-state index in [4.69, 9.17) is 4.42 Å². The van der Waals surface area contributed by atoms with Gasteiger partial charge in [0.25, 0.3) is 6.01 Å². The Morgan fingerprint density at radius 1 is 1.23 bits per heavy atom. The van der Waals surface area contributed by atoms with Gasteiger partial charge in [-0.2, -0.15) is 4.98 Å². The molecule has 3 rings (SSSR count). The lowest BCUT2D eigenvalue weighted by Crippen LogP contribution is -2.08. The fourth-order valence-corrected chi connectivity index (χ4v) is 2.12. The molecule has 0 radical (unpaired) electrons. The lowest BCUT2D eigenvalue weighted by Gasteiger charge is -2.09. The Hall–Kier alpha value is -3.02. The molecule has 6 nitrogen and oxygen atoms in total. The third-order valence-corrected chi connectivity index (χ3v) is 3.20. The van der Waals surface area contributed by atoms with Crippen LogP contribution in [0.4, 0.5) is 17.4 Å². The zero-order valence-corrected chi connectivity index (χ0v) is 12.2. The second-order valence-electron chi connectivity index (χ2n) is 5.05. The van der Waals surface area contributed by atoms with E-state index in [2.05, 4.69) is 10.3 Å². The Labute approximate surface area is 127 Å². The molecule has 0 aliphatic heterocycles. The lowest BCUT2D eigenvalue weighted by atomic mass is 10.1. The van der Waals surface area contributed by atoms with Crippen LogP contribution in [0.1, 0.15) is 10.4 Å². The summed E-state index contributed by atoms with van der Waals surface area (Å²) in [5.74, 6) is -0.973. The molecule has 0 amide bonds. The summed E-state index contributed by atoms with van der Waals surface area (Å²) in [6, 6.07) is 12.7. The highest BCUT2D eigenvalue weighted by Gasteiger charge is 2.11. The van der Waals surface area contributed by atoms with Gasteiger partial charge in [-0.25, -0.2) is 4.79 Å². The maximum absolute atomic E-state index is 11.2. The molecule has 0 saturated carbocycles. The van der Waals surface area contributed by atoms with Crippen LogP contribution < -0.4 is 10.2 Å². The van der Waals surface area contributed by atoms with Crippen molar-refractivity contribution in [3.8, 4) is 0 Å². The molecule has 6 heteroatoms. The number of para-hydroxylation sites is 1. The van der Waals surface area contributed by atoms with E-state index in [1.165, 1.54) is 0 Å². The number of hydrogen-bond donors (Lipinski definition) is 2. The standard InChI is InChI=1S/C16H15N3O3/c1-19(2)16-18-13-8-7-10(9-14(13)22-16)17-12-6-4-3-5-11(12)15(20)21/h3-9,17H,1-2H3,(H,20,21). The van der Waals surface area contributed by atoms with Crippen LogP contribution in [-0.2, 0) is 0 Å². The second-order valence-corrected chi connectivity index (χ2v) is 5.05. The van der Waals surface area contributed by atoms with Gasteiger partial charge in [-0.15, -0.1) is 0 Å². The van der Waals surface area contributed by atoms with Crippen molar-refractivity contribution in [2.45, 2.75) is 0 Å². The normalized spacial score (nSPS) is 10.6. The average Bonchev–Trinajstić information content (AvgIpc) is 2.91. The number of carboxylic acids is 1. The zero-order valence-electron chi connectivity index (χ0n) is 12.2. The van der Waals surface area contributed by atoms with Crippen molar-refractivity contribution in [2.75, 3.05) is 24.3 Å². The predicted molar refractivity (Wildman–Crippen MR) is 85.0 cm³/mol. The second kappa shape index (κ2) is 5.40. The summed E-state index contributed by atoms with van der Waals surface area (Å²) >= 11 is 0. The van der Waals surface area contributed by atoms with Crippen molar-refractivity contribution in [2.24, 2.45) is 0 Å². The first kappa shape index (κ1) is 13.9. The maximum atomic E-state index is 11.2. The fraction of sp³-hybridized carbons (Fsp3) is 0.125. The summed E-state index contributed by atoms with van der Waals surface area (Å²) in [4.78, 5) is 17.4. The summed E-state index contributed by atoms with van der Waals surface area (Å²) in [6.45, 7) is 0. The number of nitrogens with one attached hydrogen (secondary N) is 1. The van der Waals surface area contributed by atoms with Crippen molar-refractivity contribution in [1.82, 2.24) is 4.98 Å². The molecule has 0 saturated heterocycles. The topological polar surface area (TPSA) is 78.6 Å². The monoisotopic (exact) mass is 297 g/mol. The molecule has 2 aromatic carbocycles. The van der Waals surface area contributed by atoms with E-state index in [1.807, 2.05) is 26.2 Å². The molecule has 2 N–H and O–H groups in total. The summed E-state index contributed by atoms with van der Waals surface area (Å²) < 4.78 is 5.64. The van der Waals surface area contributed by atoms with Crippen molar-refractivity contribution < 1.29 is 14.3 Å². The quantitative estimate of drug-likeness (QED) is 0.769. The number of oxazole rings is 1. The molecule has 22 heavy (non-hydrogen) atoms. The average molecular weight is 297 g/mol. The fourth-order valence-electron chi connectivity index (χ4n) is 2.12. The molecule has 0 aliphatic carbocycles. The van der Waals surface area contributed by atoms with Crippen LogP contribution >= 0.6 is 0 Å². The van der Waals surface area contributed by atoms with E-state index in [9.17, 15) is 9.90 Å². The maximum Gasteiger partial charge on any atom is 0.337 e. The van der Waals surface area contributed by atoms with Gasteiger partial charge < -0.3 is 19.7 Å². The number of anilines is 3. The summed E-state index contributed by atoms with van der Waals surface area (Å²) in [6.07, 6.45) is 0. The molecule has 1 aromatic heterocycles. The third-order valence-electron chi connectivity index (χ3n) is 3.20. The van der Waals surface area contributed by atoms with Gasteiger partial charge in [0.1, 0.15) is 5.52 Å². The third kappa shape index (κ3) is 2.58. The van der Waals surface area contributed by atoms with Crippen LogP contribution in [0, 0.1) is 0 Å². The van der Waals surface area contributed by atoms with Crippen LogP contribution in [0.3, 0.4) is 0 Å². The Bertz CT molecular complexity index is 840. The van der Waals surface area contributed by atoms with E-state index in [1.54, 1.807) is 35.2 Å². The number of carbonyl (C=O) groups is 1. The SMILES string of the molecule is CN(C)c1nc2ccc(Nc3ccccc3C(=O)O)cc2o1. The molecule has 1 heterocycles. The van der Waals surface area contributed by atoms with Gasteiger partial charge in [0.15, 0.2) is 5.58 Å². The predicted octanol–water partition coefficient (Wildman–Crippen LogP) is 3.34. The minimum Gasteiger partial charge on any atom is -0.478 e. The van der Waals surface area contributed by atoms with E-state index in [-0.39, 0.29) is 5.56 Å². The van der Waals surface area contributed by atoms with Gasteiger partial charge >= 0.3 is 5.97 Å². The van der Waals surface area contributed by atoms with Gasteiger partial charge in [-0.1, -0.05) is 12.1 Å². The summed E-state index contributed by atoms with van der Waals surface area (Å²) in [7, 11) is 3.71. The molecular weight excluding hydrogens is 282 g/mol. The Morgan fingerprint density at radius 3 is 2.73 bits per heavy atom. The van der Waals surface area contributed by atoms with Gasteiger partial charge in [0, 0.05) is 25.8 Å². The minimum absolute atomic E-state index is 0.217.